The van der Waals surface area contributed by atoms with Gasteiger partial charge in [-0.3, -0.25) is 9.69 Å². The molecule has 0 aromatic rings. The molecule has 1 saturated heterocycles. The lowest BCUT2D eigenvalue weighted by atomic mass is 10.0. The maximum Gasteiger partial charge on any atom is 0.320 e. The van der Waals surface area contributed by atoms with Crippen LogP contribution in [0.25, 0.3) is 0 Å². The van der Waals surface area contributed by atoms with Gasteiger partial charge >= 0.3 is 5.97 Å². The monoisotopic (exact) mass is 278 g/mol. The van der Waals surface area contributed by atoms with Crippen molar-refractivity contribution in [2.45, 2.75) is 32.2 Å². The number of carbonyl (C=O) groups is 1. The summed E-state index contributed by atoms with van der Waals surface area (Å²) in [5.41, 5.74) is 0. The van der Waals surface area contributed by atoms with Crippen molar-refractivity contribution in [3.05, 3.63) is 0 Å². The highest BCUT2D eigenvalue weighted by molar-refractivity contribution is 7.88. The van der Waals surface area contributed by atoms with Crippen molar-refractivity contribution in [1.29, 1.82) is 0 Å². The fourth-order valence-corrected chi connectivity index (χ4v) is 2.61. The van der Waals surface area contributed by atoms with Gasteiger partial charge in [-0.05, 0) is 26.3 Å². The largest absolute Gasteiger partial charge is 0.465 e. The molecule has 1 heterocycles. The Hall–Kier alpha value is -0.660. The molecule has 0 aromatic heterocycles. The van der Waals surface area contributed by atoms with Crippen LogP contribution in [-0.4, -0.2) is 57.8 Å². The summed E-state index contributed by atoms with van der Waals surface area (Å²) in [4.78, 5) is 13.5. The molecule has 1 aliphatic rings. The number of esters is 1. The van der Waals surface area contributed by atoms with Crippen LogP contribution in [0.1, 0.15) is 26.2 Å². The molecule has 6 nitrogen and oxygen atoms in total. The van der Waals surface area contributed by atoms with Crippen LogP contribution in [0.2, 0.25) is 0 Å². The molecular formula is C11H22N2O4S. The quantitative estimate of drug-likeness (QED) is 0.690. The molecule has 0 radical (unpaired) electrons. The zero-order valence-electron chi connectivity index (χ0n) is 11.0. The SMILES string of the molecule is CCOC(=O)CN1CCCCC1CNS(C)(=O)=O. The topological polar surface area (TPSA) is 75.7 Å². The summed E-state index contributed by atoms with van der Waals surface area (Å²) in [6.45, 7) is 3.56. The number of likely N-dealkylation sites (tertiary alicyclic amines) is 1. The second-order valence-electron chi connectivity index (χ2n) is 4.55. The Labute approximate surface area is 109 Å². The highest BCUT2D eigenvalue weighted by atomic mass is 32.2. The molecule has 0 spiro atoms. The van der Waals surface area contributed by atoms with Crippen molar-refractivity contribution in [3.63, 3.8) is 0 Å². The summed E-state index contributed by atoms with van der Waals surface area (Å²) < 4.78 is 29.6. The third kappa shape index (κ3) is 5.79. The van der Waals surface area contributed by atoms with E-state index in [0.29, 0.717) is 13.2 Å². The van der Waals surface area contributed by atoms with Crippen molar-refractivity contribution in [3.8, 4) is 0 Å². The predicted octanol–water partition coefficient (Wildman–Crippen LogP) is -0.0468. The van der Waals surface area contributed by atoms with Crippen molar-refractivity contribution < 1.29 is 17.9 Å². The molecule has 0 aliphatic carbocycles. The average molecular weight is 278 g/mol. The summed E-state index contributed by atoms with van der Waals surface area (Å²) in [5.74, 6) is -0.247. The van der Waals surface area contributed by atoms with Crippen LogP contribution in [0.5, 0.6) is 0 Å². The van der Waals surface area contributed by atoms with Crippen molar-refractivity contribution in [1.82, 2.24) is 9.62 Å². The molecule has 1 atom stereocenters. The Bertz CT molecular complexity index is 369. The minimum atomic E-state index is -3.18. The van der Waals surface area contributed by atoms with Crippen molar-refractivity contribution in [2.24, 2.45) is 0 Å². The molecule has 1 rings (SSSR count). The average Bonchev–Trinajstić information content (AvgIpc) is 2.27. The fourth-order valence-electron chi connectivity index (χ4n) is 2.12. The number of rotatable bonds is 6. The van der Waals surface area contributed by atoms with Gasteiger partial charge in [-0.15, -0.1) is 0 Å². The van der Waals surface area contributed by atoms with Crippen LogP contribution >= 0.6 is 0 Å². The first kappa shape index (κ1) is 15.4. The van der Waals surface area contributed by atoms with E-state index in [0.717, 1.165) is 32.1 Å². The van der Waals surface area contributed by atoms with E-state index in [2.05, 4.69) is 4.72 Å². The number of ether oxygens (including phenoxy) is 1. The molecule has 106 valence electrons. The van der Waals surface area contributed by atoms with Crippen LogP contribution in [-0.2, 0) is 19.6 Å². The van der Waals surface area contributed by atoms with Crippen LogP contribution in [0, 0.1) is 0 Å². The van der Waals surface area contributed by atoms with E-state index >= 15 is 0 Å². The first-order valence-corrected chi connectivity index (χ1v) is 8.16. The molecule has 0 saturated carbocycles. The summed E-state index contributed by atoms with van der Waals surface area (Å²) in [5, 5.41) is 0. The summed E-state index contributed by atoms with van der Waals surface area (Å²) >= 11 is 0. The van der Waals surface area contributed by atoms with E-state index in [-0.39, 0.29) is 18.6 Å². The number of hydrogen-bond acceptors (Lipinski definition) is 5. The van der Waals surface area contributed by atoms with E-state index in [4.69, 9.17) is 4.74 Å². The molecule has 7 heteroatoms. The number of hydrogen-bond donors (Lipinski definition) is 1. The second kappa shape index (κ2) is 7.06. The molecular weight excluding hydrogens is 256 g/mol. The highest BCUT2D eigenvalue weighted by Crippen LogP contribution is 2.16. The third-order valence-electron chi connectivity index (χ3n) is 2.97. The molecule has 0 aromatic carbocycles. The van der Waals surface area contributed by atoms with Crippen LogP contribution < -0.4 is 4.72 Å². The van der Waals surface area contributed by atoms with Gasteiger partial charge in [-0.2, -0.15) is 0 Å². The van der Waals surface area contributed by atoms with Crippen LogP contribution in [0.3, 0.4) is 0 Å². The van der Waals surface area contributed by atoms with Gasteiger partial charge in [0.2, 0.25) is 10.0 Å². The van der Waals surface area contributed by atoms with Crippen molar-refractivity contribution in [2.75, 3.05) is 32.5 Å². The standard InChI is InChI=1S/C11H22N2O4S/c1-3-17-11(14)9-13-7-5-4-6-10(13)8-12-18(2,15)16/h10,12H,3-9H2,1-2H3. The fraction of sp³-hybridized carbons (Fsp3) is 0.909. The predicted molar refractivity (Wildman–Crippen MR) is 68.7 cm³/mol. The Balaban J connectivity index is 2.49. The van der Waals surface area contributed by atoms with Gasteiger partial charge in [0.1, 0.15) is 0 Å². The van der Waals surface area contributed by atoms with E-state index < -0.39 is 10.0 Å². The van der Waals surface area contributed by atoms with Gasteiger partial charge in [0.15, 0.2) is 0 Å². The van der Waals surface area contributed by atoms with Crippen LogP contribution in [0.4, 0.5) is 0 Å². The Morgan fingerprint density at radius 1 is 1.44 bits per heavy atom. The van der Waals surface area contributed by atoms with Gasteiger partial charge in [0, 0.05) is 12.6 Å². The maximum absolute atomic E-state index is 11.5. The Morgan fingerprint density at radius 2 is 2.17 bits per heavy atom. The summed E-state index contributed by atoms with van der Waals surface area (Å²) in [6.07, 6.45) is 4.15. The molecule has 1 unspecified atom stereocenters. The molecule has 18 heavy (non-hydrogen) atoms. The smallest absolute Gasteiger partial charge is 0.320 e. The maximum atomic E-state index is 11.5. The lowest BCUT2D eigenvalue weighted by molar-refractivity contribution is -0.145. The van der Waals surface area contributed by atoms with Gasteiger partial charge in [0.25, 0.3) is 0 Å². The normalized spacial score (nSPS) is 21.8. The minimum Gasteiger partial charge on any atom is -0.465 e. The molecule has 1 fully saturated rings. The highest BCUT2D eigenvalue weighted by Gasteiger charge is 2.25. The molecule has 1 N–H and O–H groups in total. The Kier molecular flexibility index (Phi) is 6.04. The van der Waals surface area contributed by atoms with E-state index in [1.807, 2.05) is 4.90 Å². The number of piperidine rings is 1. The lowest BCUT2D eigenvalue weighted by Gasteiger charge is -2.34. The van der Waals surface area contributed by atoms with E-state index in [9.17, 15) is 13.2 Å². The summed E-state index contributed by atoms with van der Waals surface area (Å²) in [6, 6.07) is 0.0814. The second-order valence-corrected chi connectivity index (χ2v) is 6.38. The molecule has 0 amide bonds. The van der Waals surface area contributed by atoms with E-state index in [1.165, 1.54) is 0 Å². The molecule has 0 bridgehead atoms. The zero-order chi connectivity index (χ0) is 13.6. The summed E-state index contributed by atoms with van der Waals surface area (Å²) in [7, 11) is -3.18. The lowest BCUT2D eigenvalue weighted by Crippen LogP contribution is -2.48. The van der Waals surface area contributed by atoms with E-state index in [1.54, 1.807) is 6.92 Å². The molecule has 1 aliphatic heterocycles. The van der Waals surface area contributed by atoms with Gasteiger partial charge < -0.3 is 4.74 Å². The van der Waals surface area contributed by atoms with Gasteiger partial charge in [-0.25, -0.2) is 13.1 Å². The van der Waals surface area contributed by atoms with Gasteiger partial charge in [-0.1, -0.05) is 6.42 Å². The number of nitrogens with one attached hydrogen (secondary N) is 1. The van der Waals surface area contributed by atoms with Gasteiger partial charge in [0.05, 0.1) is 19.4 Å². The first-order chi connectivity index (χ1) is 8.42. The first-order valence-electron chi connectivity index (χ1n) is 6.26. The number of sulfonamides is 1. The van der Waals surface area contributed by atoms with Crippen molar-refractivity contribution >= 4 is 16.0 Å². The minimum absolute atomic E-state index is 0.0814. The third-order valence-corrected chi connectivity index (χ3v) is 3.66. The number of nitrogens with zero attached hydrogens (tertiary/aromatic N) is 1. The zero-order valence-corrected chi connectivity index (χ0v) is 11.8. The number of carbonyl (C=O) groups excluding carboxylic acids is 1. The Morgan fingerprint density at radius 3 is 2.78 bits per heavy atom. The van der Waals surface area contributed by atoms with Crippen LogP contribution in [0.15, 0.2) is 0 Å².